The molecule has 274 valence electrons. The fourth-order valence-electron chi connectivity index (χ4n) is 7.36. The zero-order valence-corrected chi connectivity index (χ0v) is 34.8. The summed E-state index contributed by atoms with van der Waals surface area (Å²) >= 11 is 0. The van der Waals surface area contributed by atoms with Crippen LogP contribution in [0.5, 0.6) is 0 Å². The van der Waals surface area contributed by atoms with Gasteiger partial charge in [0.05, 0.1) is 11.6 Å². The monoisotopic (exact) mass is 889 g/mol. The van der Waals surface area contributed by atoms with Crippen LogP contribution in [0.1, 0.15) is 101 Å². The Bertz CT molecular complexity index is 2440. The second-order valence-corrected chi connectivity index (χ2v) is 14.9. The maximum Gasteiger partial charge on any atom is 3.00 e. The average molecular weight is 889 g/mol. The van der Waals surface area contributed by atoms with Crippen LogP contribution in [-0.2, 0) is 20.1 Å². The molecule has 5 nitrogen and oxygen atoms in total. The van der Waals surface area contributed by atoms with Crippen LogP contribution in [-0.4, -0.2) is 9.55 Å². The van der Waals surface area contributed by atoms with Gasteiger partial charge in [-0.2, -0.15) is 0 Å². The Hall–Kier alpha value is -5.03. The van der Waals surface area contributed by atoms with Crippen LogP contribution in [0.15, 0.2) is 126 Å². The minimum atomic E-state index is 0. The SMILES string of the molecule is CC(C)c1cc2c(oc3ccccc32)c(C(C)C)c1-[n+]1cc[n-]c1-c1[c-]cccc1.CC(C)c1cccc(C(C)C)c1-n1ccnc1-c1[c-]cccc1.[Ir+3]. The third-order valence-electron chi connectivity index (χ3n) is 9.91. The van der Waals surface area contributed by atoms with Crippen LogP contribution in [0.4, 0.5) is 0 Å². The van der Waals surface area contributed by atoms with E-state index in [4.69, 9.17) is 4.42 Å². The number of imidazole rings is 2. The minimum absolute atomic E-state index is 0. The molecule has 0 amide bonds. The van der Waals surface area contributed by atoms with Gasteiger partial charge in [-0.1, -0.05) is 91.8 Å². The number of hydrogen-bond acceptors (Lipinski definition) is 2. The van der Waals surface area contributed by atoms with Crippen molar-refractivity contribution in [1.82, 2.24) is 14.5 Å². The van der Waals surface area contributed by atoms with Crippen molar-refractivity contribution in [3.63, 3.8) is 0 Å². The summed E-state index contributed by atoms with van der Waals surface area (Å²) in [5.74, 6) is 3.40. The predicted molar refractivity (Wildman–Crippen MR) is 217 cm³/mol. The Labute approximate surface area is 333 Å². The Morgan fingerprint density at radius 3 is 1.93 bits per heavy atom. The van der Waals surface area contributed by atoms with E-state index in [1.165, 1.54) is 44.4 Å². The van der Waals surface area contributed by atoms with Crippen molar-refractivity contribution < 1.29 is 29.1 Å². The standard InChI is InChI=1S/C27H25N2O.C21H23N2.Ir/c1-17(2)21-16-22-20-12-8-9-13-23(20)30-26(22)24(18(3)4)25(21)29-15-14-28-27(29)19-10-6-5-7-11-19;1-15(2)18-11-8-12-19(16(3)4)20(18)23-14-13-22-21(23)17-9-6-5-7-10-17;/h5-10,12-18H,1-4H3;5-9,11-16H,1-4H3;/q2*-1;+3. The topological polar surface area (TPSA) is 48.9 Å². The Balaban J connectivity index is 0.000000187. The molecule has 8 aromatic rings. The van der Waals surface area contributed by atoms with Crippen LogP contribution >= 0.6 is 0 Å². The summed E-state index contributed by atoms with van der Waals surface area (Å²) in [4.78, 5) is 9.28. The van der Waals surface area contributed by atoms with E-state index >= 15 is 0 Å². The molecular formula is C48H48IrN4O+. The van der Waals surface area contributed by atoms with Crippen molar-refractivity contribution in [2.24, 2.45) is 0 Å². The normalized spacial score (nSPS) is 11.5. The summed E-state index contributed by atoms with van der Waals surface area (Å²) in [6.07, 6.45) is 7.85. The number of fused-ring (bicyclic) bond motifs is 3. The molecule has 0 N–H and O–H groups in total. The summed E-state index contributed by atoms with van der Waals surface area (Å²) in [5, 5.41) is 2.36. The second kappa shape index (κ2) is 16.5. The van der Waals surface area contributed by atoms with E-state index in [0.717, 1.165) is 33.9 Å². The quantitative estimate of drug-likeness (QED) is 0.113. The number of nitrogens with zero attached hydrogens (tertiary/aromatic N) is 4. The smallest absolute Gasteiger partial charge is 0.456 e. The van der Waals surface area contributed by atoms with Crippen LogP contribution in [0, 0.1) is 12.1 Å². The van der Waals surface area contributed by atoms with E-state index in [-0.39, 0.29) is 26.0 Å². The third-order valence-corrected chi connectivity index (χ3v) is 9.91. The number of benzene rings is 5. The molecule has 54 heavy (non-hydrogen) atoms. The number of para-hydroxylation sites is 2. The second-order valence-electron chi connectivity index (χ2n) is 14.9. The molecule has 0 aliphatic carbocycles. The van der Waals surface area contributed by atoms with E-state index in [2.05, 4.69) is 154 Å². The number of furan rings is 1. The largest absolute Gasteiger partial charge is 3.00 e. The van der Waals surface area contributed by atoms with Crippen LogP contribution in [0.25, 0.3) is 56.1 Å². The Morgan fingerprint density at radius 1 is 0.685 bits per heavy atom. The first-order valence-electron chi connectivity index (χ1n) is 18.8. The molecule has 8 rings (SSSR count). The van der Waals surface area contributed by atoms with Gasteiger partial charge in [-0.15, -0.1) is 71.8 Å². The van der Waals surface area contributed by atoms with Crippen molar-refractivity contribution in [1.29, 1.82) is 0 Å². The predicted octanol–water partition coefficient (Wildman–Crippen LogP) is 12.1. The van der Waals surface area contributed by atoms with E-state index in [1.807, 2.05) is 54.9 Å². The van der Waals surface area contributed by atoms with E-state index in [0.29, 0.717) is 17.8 Å². The summed E-state index contributed by atoms with van der Waals surface area (Å²) in [7, 11) is 0. The maximum atomic E-state index is 6.42. The van der Waals surface area contributed by atoms with Crippen molar-refractivity contribution in [3.8, 4) is 34.2 Å². The van der Waals surface area contributed by atoms with Crippen LogP contribution in [0.3, 0.4) is 0 Å². The van der Waals surface area contributed by atoms with E-state index in [1.54, 1.807) is 0 Å². The molecular weight excluding hydrogens is 841 g/mol. The van der Waals surface area contributed by atoms with Gasteiger partial charge in [0, 0.05) is 52.5 Å². The molecule has 0 bridgehead atoms. The molecule has 3 aromatic heterocycles. The Kier molecular flexibility index (Phi) is 11.9. The van der Waals surface area contributed by atoms with Gasteiger partial charge in [0.25, 0.3) is 0 Å². The van der Waals surface area contributed by atoms with Gasteiger partial charge in [-0.25, -0.2) is 0 Å². The van der Waals surface area contributed by atoms with Gasteiger partial charge in [-0.3, -0.25) is 9.97 Å². The van der Waals surface area contributed by atoms with Crippen molar-refractivity contribution in [3.05, 3.63) is 156 Å². The number of rotatable bonds is 8. The fraction of sp³-hybridized carbons (Fsp3) is 0.250. The molecule has 3 heterocycles. The zero-order valence-electron chi connectivity index (χ0n) is 32.4. The van der Waals surface area contributed by atoms with Gasteiger partial charge in [0.2, 0.25) is 0 Å². The summed E-state index contributed by atoms with van der Waals surface area (Å²) in [6.45, 7) is 18.0. The van der Waals surface area contributed by atoms with Gasteiger partial charge in [-0.05, 0) is 52.5 Å². The minimum Gasteiger partial charge on any atom is -0.456 e. The molecule has 0 radical (unpaired) electrons. The molecule has 0 fully saturated rings. The summed E-state index contributed by atoms with van der Waals surface area (Å²) < 4.78 is 10.9. The molecule has 0 atom stereocenters. The van der Waals surface area contributed by atoms with Crippen LogP contribution in [0.2, 0.25) is 0 Å². The van der Waals surface area contributed by atoms with Crippen molar-refractivity contribution in [2.75, 3.05) is 0 Å². The zero-order chi connectivity index (χ0) is 37.2. The first kappa shape index (κ1) is 38.7. The maximum absolute atomic E-state index is 6.42. The first-order chi connectivity index (χ1) is 25.7. The van der Waals surface area contributed by atoms with E-state index in [9.17, 15) is 0 Å². The van der Waals surface area contributed by atoms with Crippen LogP contribution < -0.4 is 9.55 Å². The first-order valence-corrected chi connectivity index (χ1v) is 18.8. The van der Waals surface area contributed by atoms with E-state index < -0.39 is 0 Å². The van der Waals surface area contributed by atoms with Gasteiger partial charge in [0.1, 0.15) is 11.2 Å². The molecule has 6 heteroatoms. The molecule has 5 aromatic carbocycles. The number of aromatic nitrogens is 4. The Morgan fingerprint density at radius 2 is 1.31 bits per heavy atom. The number of hydrogen-bond donors (Lipinski definition) is 0. The fourth-order valence-corrected chi connectivity index (χ4v) is 7.36. The van der Waals surface area contributed by atoms with Gasteiger partial charge in [0.15, 0.2) is 0 Å². The molecule has 0 saturated carbocycles. The molecule has 0 aliphatic heterocycles. The van der Waals surface area contributed by atoms with Gasteiger partial charge >= 0.3 is 20.1 Å². The third kappa shape index (κ3) is 7.38. The molecule has 0 saturated heterocycles. The average Bonchev–Trinajstić information content (AvgIpc) is 3.93. The van der Waals surface area contributed by atoms with Crippen molar-refractivity contribution in [2.45, 2.75) is 79.1 Å². The molecule has 0 spiro atoms. The van der Waals surface area contributed by atoms with Crippen molar-refractivity contribution >= 4 is 21.9 Å². The summed E-state index contributed by atoms with van der Waals surface area (Å²) in [6, 6.07) is 39.9. The molecule has 0 aliphatic rings. The summed E-state index contributed by atoms with van der Waals surface area (Å²) in [5.41, 5.74) is 11.6. The van der Waals surface area contributed by atoms with Gasteiger partial charge < -0.3 is 13.6 Å². The molecule has 0 unspecified atom stereocenters.